The molecule has 0 bridgehead atoms. The van der Waals surface area contributed by atoms with Crippen LogP contribution in [0.2, 0.25) is 0 Å². The number of rotatable bonds is 5. The van der Waals surface area contributed by atoms with Gasteiger partial charge in [-0.05, 0) is 58.4 Å². The summed E-state index contributed by atoms with van der Waals surface area (Å²) in [6, 6.07) is 2.31. The van der Waals surface area contributed by atoms with Crippen LogP contribution < -0.4 is 5.32 Å². The zero-order valence-corrected chi connectivity index (χ0v) is 13.3. The van der Waals surface area contributed by atoms with Crippen LogP contribution in [-0.2, 0) is 0 Å². The van der Waals surface area contributed by atoms with E-state index in [4.69, 9.17) is 4.42 Å². The van der Waals surface area contributed by atoms with E-state index in [0.717, 1.165) is 43.1 Å². The van der Waals surface area contributed by atoms with Crippen molar-refractivity contribution >= 4 is 0 Å². The van der Waals surface area contributed by atoms with Gasteiger partial charge in [0.25, 0.3) is 0 Å². The molecule has 1 aliphatic rings. The van der Waals surface area contributed by atoms with Gasteiger partial charge in [0.2, 0.25) is 0 Å². The molecular formula is C17H29NO2. The summed E-state index contributed by atoms with van der Waals surface area (Å²) in [7, 11) is 0. The minimum atomic E-state index is -0.521. The van der Waals surface area contributed by atoms with Crippen molar-refractivity contribution in [1.29, 1.82) is 0 Å². The predicted molar refractivity (Wildman–Crippen MR) is 81.8 cm³/mol. The third-order valence-electron chi connectivity index (χ3n) is 4.90. The van der Waals surface area contributed by atoms with Crippen LogP contribution in [0, 0.1) is 19.8 Å². The van der Waals surface area contributed by atoms with E-state index in [1.54, 1.807) is 0 Å². The maximum atomic E-state index is 10.7. The molecule has 3 nitrogen and oxygen atoms in total. The second kappa shape index (κ2) is 6.31. The largest absolute Gasteiger partial charge is 0.466 e. The minimum absolute atomic E-state index is 0.223. The van der Waals surface area contributed by atoms with E-state index in [0.29, 0.717) is 6.54 Å². The lowest BCUT2D eigenvalue weighted by molar-refractivity contribution is -0.0103. The molecule has 1 aromatic rings. The van der Waals surface area contributed by atoms with Crippen LogP contribution in [0.5, 0.6) is 0 Å². The number of aryl methyl sites for hydroxylation is 2. The first-order valence-electron chi connectivity index (χ1n) is 7.96. The molecule has 0 radical (unpaired) electrons. The second-order valence-corrected chi connectivity index (χ2v) is 6.55. The summed E-state index contributed by atoms with van der Waals surface area (Å²) in [5.41, 5.74) is 0.681. The van der Waals surface area contributed by atoms with E-state index in [1.165, 1.54) is 12.0 Å². The number of aliphatic hydroxyl groups is 1. The molecule has 0 amide bonds. The Balaban J connectivity index is 1.87. The first kappa shape index (κ1) is 15.6. The van der Waals surface area contributed by atoms with Crippen molar-refractivity contribution in [3.05, 3.63) is 23.2 Å². The second-order valence-electron chi connectivity index (χ2n) is 6.55. The summed E-state index contributed by atoms with van der Waals surface area (Å²) in [4.78, 5) is 0. The van der Waals surface area contributed by atoms with Gasteiger partial charge < -0.3 is 14.8 Å². The number of hydrogen-bond acceptors (Lipinski definition) is 3. The van der Waals surface area contributed by atoms with Crippen molar-refractivity contribution < 1.29 is 9.52 Å². The zero-order valence-electron chi connectivity index (χ0n) is 13.3. The molecule has 1 atom stereocenters. The molecule has 114 valence electrons. The molecule has 1 aliphatic carbocycles. The lowest BCUT2D eigenvalue weighted by Gasteiger charge is -2.36. The Bertz CT molecular complexity index is 430. The van der Waals surface area contributed by atoms with Crippen LogP contribution in [0.4, 0.5) is 0 Å². The molecule has 0 aliphatic heterocycles. The molecule has 3 heteroatoms. The van der Waals surface area contributed by atoms with Crippen molar-refractivity contribution in [2.24, 2.45) is 5.92 Å². The topological polar surface area (TPSA) is 45.4 Å². The van der Waals surface area contributed by atoms with Gasteiger partial charge in [0.05, 0.1) is 5.60 Å². The van der Waals surface area contributed by atoms with Crippen molar-refractivity contribution in [1.82, 2.24) is 5.32 Å². The lowest BCUT2D eigenvalue weighted by atomic mass is 9.77. The molecule has 0 saturated heterocycles. The van der Waals surface area contributed by atoms with Crippen LogP contribution >= 0.6 is 0 Å². The third kappa shape index (κ3) is 3.64. The summed E-state index contributed by atoms with van der Waals surface area (Å²) >= 11 is 0. The highest BCUT2D eigenvalue weighted by molar-refractivity contribution is 5.23. The van der Waals surface area contributed by atoms with Crippen molar-refractivity contribution in [2.45, 2.75) is 71.4 Å². The standard InChI is InChI=1S/C17H29NO2/c1-5-15-6-8-17(19,9-7-15)11-18-13(3)16-10-12(2)20-14(16)4/h10,13,15,18-19H,5-9,11H2,1-4H3. The summed E-state index contributed by atoms with van der Waals surface area (Å²) < 4.78 is 5.58. The van der Waals surface area contributed by atoms with E-state index in [1.807, 2.05) is 13.8 Å². The molecule has 0 spiro atoms. The number of furan rings is 1. The van der Waals surface area contributed by atoms with E-state index >= 15 is 0 Å². The average Bonchev–Trinajstić information content (AvgIpc) is 2.76. The zero-order chi connectivity index (χ0) is 14.8. The maximum absolute atomic E-state index is 10.7. The third-order valence-corrected chi connectivity index (χ3v) is 4.90. The fourth-order valence-corrected chi connectivity index (χ4v) is 3.33. The lowest BCUT2D eigenvalue weighted by Crippen LogP contribution is -2.44. The van der Waals surface area contributed by atoms with Gasteiger partial charge in [-0.25, -0.2) is 0 Å². The Morgan fingerprint density at radius 1 is 1.40 bits per heavy atom. The van der Waals surface area contributed by atoms with Crippen LogP contribution in [0.15, 0.2) is 10.5 Å². The van der Waals surface area contributed by atoms with Crippen LogP contribution in [0.25, 0.3) is 0 Å². The van der Waals surface area contributed by atoms with Crippen molar-refractivity contribution in [3.63, 3.8) is 0 Å². The summed E-state index contributed by atoms with van der Waals surface area (Å²) in [6.07, 6.45) is 5.41. The Hall–Kier alpha value is -0.800. The molecule has 20 heavy (non-hydrogen) atoms. The van der Waals surface area contributed by atoms with Gasteiger partial charge in [-0.1, -0.05) is 13.3 Å². The smallest absolute Gasteiger partial charge is 0.105 e. The normalized spacial score (nSPS) is 28.6. The van der Waals surface area contributed by atoms with E-state index in [9.17, 15) is 5.11 Å². The Labute approximate surface area is 122 Å². The van der Waals surface area contributed by atoms with Crippen LogP contribution in [-0.4, -0.2) is 17.3 Å². The van der Waals surface area contributed by atoms with E-state index in [2.05, 4.69) is 25.2 Å². The van der Waals surface area contributed by atoms with Gasteiger partial charge in [0, 0.05) is 18.2 Å². The van der Waals surface area contributed by atoms with E-state index < -0.39 is 5.60 Å². The average molecular weight is 279 g/mol. The number of nitrogens with one attached hydrogen (secondary N) is 1. The highest BCUT2D eigenvalue weighted by atomic mass is 16.3. The summed E-state index contributed by atoms with van der Waals surface area (Å²) in [5.74, 6) is 2.74. The Morgan fingerprint density at radius 2 is 2.05 bits per heavy atom. The molecule has 1 fully saturated rings. The molecule has 2 rings (SSSR count). The highest BCUT2D eigenvalue weighted by Gasteiger charge is 2.32. The van der Waals surface area contributed by atoms with Crippen molar-refractivity contribution in [2.75, 3.05) is 6.54 Å². The first-order chi connectivity index (χ1) is 9.43. The van der Waals surface area contributed by atoms with Gasteiger partial charge in [0.15, 0.2) is 0 Å². The minimum Gasteiger partial charge on any atom is -0.466 e. The van der Waals surface area contributed by atoms with Gasteiger partial charge in [0.1, 0.15) is 11.5 Å². The molecule has 1 aromatic heterocycles. The predicted octanol–water partition coefficient (Wildman–Crippen LogP) is 3.88. The molecule has 2 N–H and O–H groups in total. The summed E-state index contributed by atoms with van der Waals surface area (Å²) in [5, 5.41) is 14.2. The highest BCUT2D eigenvalue weighted by Crippen LogP contribution is 2.33. The van der Waals surface area contributed by atoms with Crippen LogP contribution in [0.3, 0.4) is 0 Å². The van der Waals surface area contributed by atoms with Crippen LogP contribution in [0.1, 0.15) is 69.1 Å². The molecular weight excluding hydrogens is 250 g/mol. The van der Waals surface area contributed by atoms with Gasteiger partial charge in [-0.3, -0.25) is 0 Å². The molecule has 1 heterocycles. The number of hydrogen-bond donors (Lipinski definition) is 2. The Morgan fingerprint density at radius 3 is 2.55 bits per heavy atom. The van der Waals surface area contributed by atoms with E-state index in [-0.39, 0.29) is 6.04 Å². The van der Waals surface area contributed by atoms with Gasteiger partial charge in [-0.2, -0.15) is 0 Å². The van der Waals surface area contributed by atoms with Gasteiger partial charge in [-0.15, -0.1) is 0 Å². The fourth-order valence-electron chi connectivity index (χ4n) is 3.33. The molecule has 0 aromatic carbocycles. The monoisotopic (exact) mass is 279 g/mol. The van der Waals surface area contributed by atoms with Crippen molar-refractivity contribution in [3.8, 4) is 0 Å². The quantitative estimate of drug-likeness (QED) is 0.860. The summed E-state index contributed by atoms with van der Waals surface area (Å²) in [6.45, 7) is 9.04. The first-order valence-corrected chi connectivity index (χ1v) is 7.96. The maximum Gasteiger partial charge on any atom is 0.105 e. The molecule has 1 saturated carbocycles. The molecule has 1 unspecified atom stereocenters. The SMILES string of the molecule is CCC1CCC(O)(CNC(C)c2cc(C)oc2C)CC1. The Kier molecular flexibility index (Phi) is 4.92. The van der Waals surface area contributed by atoms with Gasteiger partial charge >= 0.3 is 0 Å². The fraction of sp³-hybridized carbons (Fsp3) is 0.765.